The Labute approximate surface area is 265 Å². The fourth-order valence-corrected chi connectivity index (χ4v) is 5.76. The lowest BCUT2D eigenvalue weighted by Gasteiger charge is -2.30. The molecule has 5 rings (SSSR count). The van der Waals surface area contributed by atoms with Gasteiger partial charge in [0.15, 0.2) is 5.78 Å². The number of hydrogen-bond donors (Lipinski definition) is 3. The van der Waals surface area contributed by atoms with Crippen LogP contribution < -0.4 is 25.4 Å². The Morgan fingerprint density at radius 3 is 2.22 bits per heavy atom. The van der Waals surface area contributed by atoms with Crippen LogP contribution in [0.1, 0.15) is 66.7 Å². The van der Waals surface area contributed by atoms with Crippen LogP contribution in [-0.2, 0) is 5.41 Å². The van der Waals surface area contributed by atoms with Gasteiger partial charge in [0, 0.05) is 23.2 Å². The number of aryl methyl sites for hydroxylation is 1. The molecule has 3 aromatic carbocycles. The Hall–Kier alpha value is -4.63. The van der Waals surface area contributed by atoms with Crippen LogP contribution in [0.5, 0.6) is 11.5 Å². The highest BCUT2D eigenvalue weighted by Crippen LogP contribution is 2.37. The van der Waals surface area contributed by atoms with E-state index in [0.717, 1.165) is 48.4 Å². The smallest absolute Gasteiger partial charge is 0.324 e. The molecule has 2 amide bonds. The van der Waals surface area contributed by atoms with Gasteiger partial charge in [-0.1, -0.05) is 50.6 Å². The van der Waals surface area contributed by atoms with Crippen molar-refractivity contribution in [3.05, 3.63) is 95.2 Å². The standard InChI is InChI=1S/C36H43N5O4/c1-23-7-13-27(14-8-23)41-32(22-31(40-41)36(2,3)4)39-35(43)38-26-11-9-24(10-12-26)33(25-17-19-37-20-18-25)34(42)29-16-15-28(44-5)21-30(29)45-6/h7-16,21-22,25,33,37H,17-20H2,1-6H3,(H2,38,39,43). The molecule has 0 spiro atoms. The van der Waals surface area contributed by atoms with Crippen LogP contribution in [0, 0.1) is 12.8 Å². The van der Waals surface area contributed by atoms with Crippen molar-refractivity contribution in [1.82, 2.24) is 15.1 Å². The first kappa shape index (κ1) is 31.8. The van der Waals surface area contributed by atoms with Crippen molar-refractivity contribution in [1.29, 1.82) is 0 Å². The summed E-state index contributed by atoms with van der Waals surface area (Å²) in [6.45, 7) is 10.0. The molecule has 1 unspecified atom stereocenters. The van der Waals surface area contributed by atoms with Gasteiger partial charge in [-0.3, -0.25) is 10.1 Å². The van der Waals surface area contributed by atoms with Crippen molar-refractivity contribution in [3.63, 3.8) is 0 Å². The van der Waals surface area contributed by atoms with E-state index in [2.05, 4.69) is 36.7 Å². The summed E-state index contributed by atoms with van der Waals surface area (Å²) in [5.74, 6) is 1.53. The molecule has 1 aliphatic heterocycles. The predicted octanol–water partition coefficient (Wildman–Crippen LogP) is 7.11. The second-order valence-electron chi connectivity index (χ2n) is 12.6. The molecule has 2 heterocycles. The van der Waals surface area contributed by atoms with Gasteiger partial charge < -0.3 is 20.1 Å². The van der Waals surface area contributed by atoms with Crippen molar-refractivity contribution in [2.45, 2.75) is 51.9 Å². The summed E-state index contributed by atoms with van der Waals surface area (Å²) in [7, 11) is 3.15. The summed E-state index contributed by atoms with van der Waals surface area (Å²) >= 11 is 0. The number of ketones is 1. The summed E-state index contributed by atoms with van der Waals surface area (Å²) in [6.07, 6.45) is 1.78. The van der Waals surface area contributed by atoms with Crippen molar-refractivity contribution >= 4 is 23.3 Å². The van der Waals surface area contributed by atoms with Gasteiger partial charge in [0.2, 0.25) is 0 Å². The van der Waals surface area contributed by atoms with E-state index in [1.807, 2.05) is 61.5 Å². The first-order chi connectivity index (χ1) is 21.6. The third kappa shape index (κ3) is 7.37. The third-order valence-corrected chi connectivity index (χ3v) is 8.34. The molecule has 1 fully saturated rings. The molecule has 0 aliphatic carbocycles. The summed E-state index contributed by atoms with van der Waals surface area (Å²) in [5, 5.41) is 14.1. The molecule has 3 N–H and O–H groups in total. The van der Waals surface area contributed by atoms with Gasteiger partial charge in [0.25, 0.3) is 0 Å². The zero-order valence-electron chi connectivity index (χ0n) is 26.9. The van der Waals surface area contributed by atoms with Gasteiger partial charge in [-0.05, 0) is 80.7 Å². The Morgan fingerprint density at radius 2 is 1.60 bits per heavy atom. The average molecular weight is 610 g/mol. The first-order valence-corrected chi connectivity index (χ1v) is 15.4. The highest BCUT2D eigenvalue weighted by Gasteiger charge is 2.33. The van der Waals surface area contributed by atoms with Crippen LogP contribution in [0.25, 0.3) is 5.69 Å². The molecule has 1 saturated heterocycles. The molecule has 4 aromatic rings. The number of ether oxygens (including phenoxy) is 2. The van der Waals surface area contributed by atoms with Gasteiger partial charge in [0.05, 0.1) is 37.1 Å². The monoisotopic (exact) mass is 609 g/mol. The Kier molecular flexibility index (Phi) is 9.58. The molecule has 1 atom stereocenters. The van der Waals surface area contributed by atoms with Crippen LogP contribution in [-0.4, -0.2) is 48.9 Å². The Bertz CT molecular complexity index is 1630. The van der Waals surface area contributed by atoms with Crippen LogP contribution in [0.15, 0.2) is 72.8 Å². The SMILES string of the molecule is COc1ccc(C(=O)C(c2ccc(NC(=O)Nc3cc(C(C)(C)C)nn3-c3ccc(C)cc3)cc2)C2CCNCC2)c(OC)c1. The highest BCUT2D eigenvalue weighted by molar-refractivity contribution is 6.04. The van der Waals surface area contributed by atoms with E-state index in [1.54, 1.807) is 37.1 Å². The maximum absolute atomic E-state index is 14.1. The normalized spacial score (nSPS) is 14.4. The van der Waals surface area contributed by atoms with Crippen molar-refractivity contribution in [2.75, 3.05) is 37.9 Å². The fourth-order valence-electron chi connectivity index (χ4n) is 5.76. The summed E-state index contributed by atoms with van der Waals surface area (Å²) < 4.78 is 12.7. The molecular formula is C36H43N5O4. The second-order valence-corrected chi connectivity index (χ2v) is 12.6. The minimum atomic E-state index is -0.384. The van der Waals surface area contributed by atoms with Gasteiger partial charge in [0.1, 0.15) is 17.3 Å². The van der Waals surface area contributed by atoms with Gasteiger partial charge >= 0.3 is 6.03 Å². The average Bonchev–Trinajstić information content (AvgIpc) is 3.46. The van der Waals surface area contributed by atoms with Gasteiger partial charge in [-0.2, -0.15) is 5.10 Å². The molecule has 0 bridgehead atoms. The minimum Gasteiger partial charge on any atom is -0.497 e. The van der Waals surface area contributed by atoms with Crippen molar-refractivity contribution in [3.8, 4) is 17.2 Å². The quantitative estimate of drug-likeness (QED) is 0.175. The molecule has 1 aliphatic rings. The van der Waals surface area contributed by atoms with Crippen LogP contribution in [0.4, 0.5) is 16.3 Å². The van der Waals surface area contributed by atoms with Crippen LogP contribution >= 0.6 is 0 Å². The van der Waals surface area contributed by atoms with E-state index in [1.165, 1.54) is 0 Å². The zero-order valence-corrected chi connectivity index (χ0v) is 26.9. The van der Waals surface area contributed by atoms with Crippen molar-refractivity contribution in [2.24, 2.45) is 5.92 Å². The van der Waals surface area contributed by atoms with E-state index in [-0.39, 0.29) is 29.1 Å². The largest absolute Gasteiger partial charge is 0.497 e. The maximum atomic E-state index is 14.1. The predicted molar refractivity (Wildman–Crippen MR) is 178 cm³/mol. The summed E-state index contributed by atoms with van der Waals surface area (Å²) in [5.41, 5.74) is 4.72. The molecule has 0 saturated carbocycles. The number of aromatic nitrogens is 2. The summed E-state index contributed by atoms with van der Waals surface area (Å²) in [4.78, 5) is 27.3. The number of methoxy groups -OCH3 is 2. The molecular weight excluding hydrogens is 566 g/mol. The maximum Gasteiger partial charge on any atom is 0.324 e. The van der Waals surface area contributed by atoms with E-state index in [0.29, 0.717) is 28.6 Å². The number of Topliss-reactive ketones (excluding diaryl/α,β-unsaturated/α-hetero) is 1. The van der Waals surface area contributed by atoms with Gasteiger partial charge in [-0.25, -0.2) is 9.48 Å². The number of nitrogens with zero attached hydrogens (tertiary/aromatic N) is 2. The zero-order chi connectivity index (χ0) is 32.1. The lowest BCUT2D eigenvalue weighted by molar-refractivity contribution is 0.0913. The Morgan fingerprint density at radius 1 is 0.911 bits per heavy atom. The van der Waals surface area contributed by atoms with Crippen LogP contribution in [0.3, 0.4) is 0 Å². The van der Waals surface area contributed by atoms with Gasteiger partial charge in [-0.15, -0.1) is 0 Å². The lowest BCUT2D eigenvalue weighted by atomic mass is 9.76. The molecule has 45 heavy (non-hydrogen) atoms. The summed E-state index contributed by atoms with van der Waals surface area (Å²) in [6, 6.07) is 22.4. The minimum absolute atomic E-state index is 0.0128. The molecule has 0 radical (unpaired) electrons. The van der Waals surface area contributed by atoms with E-state index in [4.69, 9.17) is 14.6 Å². The number of urea groups is 1. The first-order valence-electron chi connectivity index (χ1n) is 15.4. The van der Waals surface area contributed by atoms with E-state index >= 15 is 0 Å². The number of nitrogens with one attached hydrogen (secondary N) is 3. The molecule has 9 nitrogen and oxygen atoms in total. The molecule has 9 heteroatoms. The number of rotatable bonds is 9. The van der Waals surface area contributed by atoms with E-state index < -0.39 is 0 Å². The fraction of sp³-hybridized carbons (Fsp3) is 0.361. The van der Waals surface area contributed by atoms with Crippen LogP contribution in [0.2, 0.25) is 0 Å². The number of carbonyl (C=O) groups excluding carboxylic acids is 2. The third-order valence-electron chi connectivity index (χ3n) is 8.34. The second kappa shape index (κ2) is 13.6. The molecule has 236 valence electrons. The number of amides is 2. The number of carbonyl (C=O) groups is 2. The number of benzene rings is 3. The van der Waals surface area contributed by atoms with E-state index in [9.17, 15) is 9.59 Å². The topological polar surface area (TPSA) is 107 Å². The van der Waals surface area contributed by atoms with Crippen molar-refractivity contribution < 1.29 is 19.1 Å². The molecule has 1 aromatic heterocycles. The number of piperidine rings is 1. The number of hydrogen-bond acceptors (Lipinski definition) is 6. The number of anilines is 2. The highest BCUT2D eigenvalue weighted by atomic mass is 16.5. The Balaban J connectivity index is 1.37. The lowest BCUT2D eigenvalue weighted by Crippen LogP contribution is -2.33.